The van der Waals surface area contributed by atoms with Gasteiger partial charge in [-0.25, -0.2) is 19.6 Å². The smallest absolute Gasteiger partial charge is 0.410 e. The van der Waals surface area contributed by atoms with E-state index in [1.165, 1.54) is 12.8 Å². The maximum absolute atomic E-state index is 13.4. The molecule has 8 aromatic rings. The van der Waals surface area contributed by atoms with Crippen molar-refractivity contribution >= 4 is 108 Å². The number of halogens is 1. The number of nitrogens with zero attached hydrogens (tertiary/aromatic N) is 10. The summed E-state index contributed by atoms with van der Waals surface area (Å²) in [5.74, 6) is -1.70. The zero-order valence-electron chi connectivity index (χ0n) is 47.7. The molecule has 6 aliphatic rings. The highest BCUT2D eigenvalue weighted by Crippen LogP contribution is 2.41. The van der Waals surface area contributed by atoms with E-state index in [-0.39, 0.29) is 32.3 Å². The molecule has 6 aliphatic heterocycles. The van der Waals surface area contributed by atoms with Crippen LogP contribution in [0.1, 0.15) is 119 Å². The summed E-state index contributed by atoms with van der Waals surface area (Å²) in [7, 11) is 0. The van der Waals surface area contributed by atoms with Crippen molar-refractivity contribution in [3.8, 4) is 0 Å². The third kappa shape index (κ3) is 11.4. The number of hydrogen-bond acceptors (Lipinski definition) is 10. The molecule has 2 fully saturated rings. The topological polar surface area (TPSA) is 210 Å². The van der Waals surface area contributed by atoms with Gasteiger partial charge in [0.15, 0.2) is 0 Å². The first-order valence-corrected chi connectivity index (χ1v) is 29.0. The third-order valence-corrected chi connectivity index (χ3v) is 16.5. The van der Waals surface area contributed by atoms with Gasteiger partial charge in [-0.3, -0.25) is 43.4 Å². The lowest BCUT2D eigenvalue weighted by Gasteiger charge is -2.32. The van der Waals surface area contributed by atoms with E-state index in [0.29, 0.717) is 89.8 Å². The second kappa shape index (κ2) is 24.1. The number of carbonyl (C=O) groups is 7. The molecule has 0 saturated carbocycles. The zero-order chi connectivity index (χ0) is 58.7. The molecule has 20 nitrogen and oxygen atoms in total. The monoisotopic (exact) mass is 1180 g/mol. The van der Waals surface area contributed by atoms with Crippen LogP contribution in [-0.2, 0) is 50.1 Å². The highest BCUT2D eigenvalue weighted by Gasteiger charge is 2.39. The second-order valence-corrected chi connectivity index (χ2v) is 23.6. The molecule has 0 aliphatic carbocycles. The van der Waals surface area contributed by atoms with Crippen molar-refractivity contribution in [2.75, 3.05) is 39.3 Å². The van der Waals surface area contributed by atoms with Crippen LogP contribution in [0.3, 0.4) is 0 Å². The van der Waals surface area contributed by atoms with E-state index < -0.39 is 29.2 Å². The van der Waals surface area contributed by atoms with Crippen LogP contribution in [0.4, 0.5) is 14.4 Å². The first-order chi connectivity index (χ1) is 40.4. The van der Waals surface area contributed by atoms with Crippen molar-refractivity contribution in [3.63, 3.8) is 0 Å². The Bertz CT molecular complexity index is 4120. The number of pyridine rings is 2. The number of fused-ring (bicyclic) bond motifs is 2. The Morgan fingerprint density at radius 2 is 0.965 bits per heavy atom. The zero-order valence-corrected chi connectivity index (χ0v) is 48.4. The maximum atomic E-state index is 13.4. The van der Waals surface area contributed by atoms with E-state index in [9.17, 15) is 33.6 Å². The Labute approximate surface area is 504 Å². The minimum absolute atomic E-state index is 0. The summed E-state index contributed by atoms with van der Waals surface area (Å²) in [6.07, 6.45) is 17.2. The van der Waals surface area contributed by atoms with Crippen LogP contribution in [0.5, 0.6) is 0 Å². The standard InChI is InChI=1S/C29H28N6O3.C28H27N5O4.C6H10ClNO.2CH4/c1-18-13-19-16-34(29(38)32-8-4-2-5-9-32)12-11-33-17-21(20(14-18)26(19)33)24-25(28(37)31-27(24)36)22-15-30-23-7-3-6-10-35(22)23;1-16-11-17-14-32(27(36)37-28(2,3)4)10-9-31-15-19(18(12-16)24(17)31)22-23(26(35)30-25(22)34)20-13-29-21-7-5-6-8-33(20)21;7-6(9)8-4-2-1-3-5-8;;/h3,6-7,10,13-15,17H,2,4-5,8-9,11-12,16H2,1H3,(H,31,36,37);5-8,11-13,15H,9-10,14H2,1-4H3,(H,30,34,35);1-5H2;2*1H4. The number of carbonyl (C=O) groups excluding carboxylic acids is 7. The SMILES string of the molecule is C.C.Cc1cc2c3c(c1)c(C1=C(c4cnc5ccccn45)C(=O)NC1=O)cn3CCN(C(=O)N1CCCCC1)C2.Cc1cc2c3c(c1)c(C1=C(c4cnc5ccccn45)C(=O)NC1=O)cn3CCN(C(=O)OC(C)(C)C)C2.O=C(Cl)N1CCCCC1. The summed E-state index contributed by atoms with van der Waals surface area (Å²) in [5.41, 5.74) is 10.7. The Kier molecular flexibility index (Phi) is 16.9. The Morgan fingerprint density at radius 1 is 0.535 bits per heavy atom. The molecule has 21 heteroatoms. The first kappa shape index (κ1) is 60.1. The predicted octanol–water partition coefficient (Wildman–Crippen LogP) is 10.6. The normalized spacial score (nSPS) is 17.0. The van der Waals surface area contributed by atoms with Crippen molar-refractivity contribution in [2.45, 2.75) is 120 Å². The number of aromatic nitrogens is 6. The van der Waals surface area contributed by atoms with Gasteiger partial charge in [-0.1, -0.05) is 50.2 Å². The molecular weight excluding hydrogens is 1110 g/mol. The molecule has 14 rings (SSSR count). The van der Waals surface area contributed by atoms with Gasteiger partial charge in [0.25, 0.3) is 23.6 Å². The number of piperidine rings is 2. The van der Waals surface area contributed by atoms with Crippen LogP contribution in [0.15, 0.2) is 97.8 Å². The fourth-order valence-corrected chi connectivity index (χ4v) is 12.7. The number of imidazole rings is 2. The number of rotatable bonds is 4. The fourth-order valence-electron chi connectivity index (χ4n) is 12.5. The summed E-state index contributed by atoms with van der Waals surface area (Å²) < 4.78 is 13.5. The highest BCUT2D eigenvalue weighted by molar-refractivity contribution is 6.62. The summed E-state index contributed by atoms with van der Waals surface area (Å²) >= 11 is 5.24. The molecule has 8 amide bonds. The minimum Gasteiger partial charge on any atom is -0.444 e. The Balaban J connectivity index is 0.000000163. The lowest BCUT2D eigenvalue weighted by molar-refractivity contribution is -0.124. The molecule has 0 spiro atoms. The molecule has 0 bridgehead atoms. The van der Waals surface area contributed by atoms with Gasteiger partial charge < -0.3 is 33.5 Å². The predicted molar refractivity (Wildman–Crippen MR) is 332 cm³/mol. The van der Waals surface area contributed by atoms with E-state index in [4.69, 9.17) is 16.3 Å². The van der Waals surface area contributed by atoms with Crippen LogP contribution in [0, 0.1) is 13.8 Å². The van der Waals surface area contributed by atoms with Gasteiger partial charge >= 0.3 is 17.5 Å². The second-order valence-electron chi connectivity index (χ2n) is 23.3. The van der Waals surface area contributed by atoms with E-state index >= 15 is 0 Å². The van der Waals surface area contributed by atoms with Crippen LogP contribution >= 0.6 is 11.6 Å². The molecule has 2 saturated heterocycles. The number of amides is 8. The number of urea groups is 1. The van der Waals surface area contributed by atoms with Gasteiger partial charge in [0.05, 0.1) is 63.7 Å². The van der Waals surface area contributed by atoms with Gasteiger partial charge in [-0.15, -0.1) is 0 Å². The Hall–Kier alpha value is -9.04. The highest BCUT2D eigenvalue weighted by atomic mass is 35.5. The number of aryl methyl sites for hydroxylation is 2. The molecule has 86 heavy (non-hydrogen) atoms. The number of benzene rings is 2. The lowest BCUT2D eigenvalue weighted by Crippen LogP contribution is -2.45. The van der Waals surface area contributed by atoms with E-state index in [1.54, 1.807) is 22.2 Å². The van der Waals surface area contributed by atoms with Crippen molar-refractivity contribution in [1.29, 1.82) is 0 Å². The number of hydrogen-bond donors (Lipinski definition) is 2. The minimum atomic E-state index is -0.586. The van der Waals surface area contributed by atoms with E-state index in [2.05, 4.69) is 47.9 Å². The van der Waals surface area contributed by atoms with Crippen molar-refractivity contribution in [3.05, 3.63) is 143 Å². The number of likely N-dealkylation sites (tertiary alicyclic amines) is 2. The molecule has 448 valence electrons. The lowest BCUT2D eigenvalue weighted by atomic mass is 9.97. The van der Waals surface area contributed by atoms with E-state index in [0.717, 1.165) is 101 Å². The summed E-state index contributed by atoms with van der Waals surface area (Å²) in [6.45, 7) is 16.0. The van der Waals surface area contributed by atoms with Crippen molar-refractivity contribution in [1.82, 2.24) is 58.1 Å². The molecular formula is C65H73ClN12O8. The van der Waals surface area contributed by atoms with Crippen LogP contribution in [0.2, 0.25) is 0 Å². The number of ether oxygens (including phenoxy) is 1. The number of nitrogens with one attached hydrogen (secondary N) is 2. The molecule has 0 atom stereocenters. The van der Waals surface area contributed by atoms with Gasteiger partial charge in [-0.05, 0) is 132 Å². The first-order valence-electron chi connectivity index (χ1n) is 28.7. The van der Waals surface area contributed by atoms with Crippen LogP contribution in [0.25, 0.3) is 55.4 Å². The molecule has 12 heterocycles. The average Bonchev–Trinajstić information content (AvgIpc) is 1.69. The Morgan fingerprint density at radius 3 is 1.41 bits per heavy atom. The van der Waals surface area contributed by atoms with Gasteiger partial charge in [0.2, 0.25) is 0 Å². The molecule has 0 radical (unpaired) electrons. The van der Waals surface area contributed by atoms with Gasteiger partial charge in [0.1, 0.15) is 16.9 Å². The van der Waals surface area contributed by atoms with Crippen molar-refractivity contribution < 1.29 is 38.3 Å². The van der Waals surface area contributed by atoms with Crippen LogP contribution in [-0.4, -0.2) is 133 Å². The summed E-state index contributed by atoms with van der Waals surface area (Å²) in [4.78, 5) is 106. The molecule has 6 aromatic heterocycles. The van der Waals surface area contributed by atoms with Crippen molar-refractivity contribution in [2.24, 2.45) is 0 Å². The summed E-state index contributed by atoms with van der Waals surface area (Å²) in [6, 6.07) is 19.6. The maximum Gasteiger partial charge on any atom is 0.410 e. The number of imide groups is 2. The largest absolute Gasteiger partial charge is 0.444 e. The molecule has 2 aromatic carbocycles. The van der Waals surface area contributed by atoms with E-state index in [1.807, 2.05) is 120 Å². The van der Waals surface area contributed by atoms with Gasteiger partial charge in [-0.2, -0.15) is 0 Å². The quantitative estimate of drug-likeness (QED) is 0.0967. The van der Waals surface area contributed by atoms with Gasteiger partial charge in [0, 0.05) is 106 Å². The fraction of sp³-hybridized carbons (Fsp3) is 0.369. The third-order valence-electron chi connectivity index (χ3n) is 16.2. The molecule has 2 N–H and O–H groups in total. The average molecular weight is 1190 g/mol. The molecule has 0 unspecified atom stereocenters. The van der Waals surface area contributed by atoms with Crippen LogP contribution < -0.4 is 10.6 Å². The summed E-state index contributed by atoms with van der Waals surface area (Å²) in [5, 5.41) is 6.49.